The third-order valence-electron chi connectivity index (χ3n) is 3.78. The predicted octanol–water partition coefficient (Wildman–Crippen LogP) is 5.60. The smallest absolute Gasteiger partial charge is 0.330 e. The molecular formula is C21H27BrO2. The fourth-order valence-electron chi connectivity index (χ4n) is 2.20. The van der Waals surface area contributed by atoms with Crippen molar-refractivity contribution in [1.29, 1.82) is 0 Å². The minimum absolute atomic E-state index is 0.272. The zero-order chi connectivity index (χ0) is 17.6. The van der Waals surface area contributed by atoms with Crippen LogP contribution in [0.3, 0.4) is 0 Å². The lowest BCUT2D eigenvalue weighted by atomic mass is 10.0. The summed E-state index contributed by atoms with van der Waals surface area (Å²) in [6, 6.07) is 7.84. The van der Waals surface area contributed by atoms with Crippen LogP contribution < -0.4 is 0 Å². The molecule has 0 fully saturated rings. The number of hydrogen-bond donors (Lipinski definition) is 0. The number of hydrogen-bond acceptors (Lipinski definition) is 2. The van der Waals surface area contributed by atoms with Gasteiger partial charge in [-0.2, -0.15) is 0 Å². The highest BCUT2D eigenvalue weighted by Crippen LogP contribution is 2.13. The molecule has 0 aliphatic heterocycles. The summed E-state index contributed by atoms with van der Waals surface area (Å²) in [6.07, 6.45) is 8.67. The molecule has 0 spiro atoms. The van der Waals surface area contributed by atoms with Crippen LogP contribution in [0.25, 0.3) is 6.08 Å². The molecule has 1 aromatic rings. The van der Waals surface area contributed by atoms with Gasteiger partial charge in [-0.3, -0.25) is 0 Å². The van der Waals surface area contributed by atoms with E-state index in [1.54, 1.807) is 6.08 Å². The van der Waals surface area contributed by atoms with Gasteiger partial charge in [-0.25, -0.2) is 4.79 Å². The maximum absolute atomic E-state index is 11.8. The molecule has 0 aliphatic rings. The largest absolute Gasteiger partial charge is 0.462 e. The van der Waals surface area contributed by atoms with Crippen LogP contribution in [0.2, 0.25) is 0 Å². The van der Waals surface area contributed by atoms with Crippen molar-refractivity contribution in [2.45, 2.75) is 46.0 Å². The van der Waals surface area contributed by atoms with Crippen LogP contribution in [0.1, 0.15) is 57.1 Å². The number of esters is 1. The normalized spacial score (nSPS) is 11.8. The number of carbonyl (C=O) groups excluding carboxylic acids is 1. The number of carbonyl (C=O) groups is 1. The van der Waals surface area contributed by atoms with Crippen LogP contribution in [-0.4, -0.2) is 17.9 Å². The van der Waals surface area contributed by atoms with Gasteiger partial charge in [-0.1, -0.05) is 73.0 Å². The van der Waals surface area contributed by atoms with Crippen molar-refractivity contribution in [3.63, 3.8) is 0 Å². The van der Waals surface area contributed by atoms with E-state index in [0.29, 0.717) is 12.5 Å². The van der Waals surface area contributed by atoms with E-state index in [2.05, 4.69) is 41.6 Å². The Morgan fingerprint density at radius 3 is 2.67 bits per heavy atom. The van der Waals surface area contributed by atoms with E-state index in [9.17, 15) is 4.79 Å². The molecule has 0 heterocycles. The Balaban J connectivity index is 2.44. The first kappa shape index (κ1) is 20.5. The summed E-state index contributed by atoms with van der Waals surface area (Å²) >= 11 is 3.35. The maximum Gasteiger partial charge on any atom is 0.330 e. The van der Waals surface area contributed by atoms with Crippen molar-refractivity contribution >= 4 is 28.0 Å². The summed E-state index contributed by atoms with van der Waals surface area (Å²) < 4.78 is 5.35. The van der Waals surface area contributed by atoms with Crippen molar-refractivity contribution in [3.05, 3.63) is 41.5 Å². The van der Waals surface area contributed by atoms with Crippen molar-refractivity contribution in [2.24, 2.45) is 5.92 Å². The van der Waals surface area contributed by atoms with Crippen LogP contribution in [-0.2, 0) is 9.53 Å². The SMILES string of the molecule is CCCCC(CC)COC(=O)/C=C/c1ccc(C#CCCBr)cc1. The van der Waals surface area contributed by atoms with Crippen molar-refractivity contribution in [2.75, 3.05) is 11.9 Å². The summed E-state index contributed by atoms with van der Waals surface area (Å²) in [5.74, 6) is 6.38. The monoisotopic (exact) mass is 390 g/mol. The number of rotatable bonds is 9. The van der Waals surface area contributed by atoms with E-state index < -0.39 is 0 Å². The standard InChI is InChI=1S/C21H27BrO2/c1-3-5-8-18(4-2)17-24-21(23)15-14-20-12-10-19(11-13-20)9-6-7-16-22/h10-15,18H,3-5,7-8,16-17H2,1-2H3/b15-14+. The van der Waals surface area contributed by atoms with Gasteiger partial charge in [0, 0.05) is 23.4 Å². The Hall–Kier alpha value is -1.53. The Kier molecular flexibility index (Phi) is 11.0. The summed E-state index contributed by atoms with van der Waals surface area (Å²) in [7, 11) is 0. The maximum atomic E-state index is 11.8. The van der Waals surface area contributed by atoms with E-state index in [-0.39, 0.29) is 5.97 Å². The van der Waals surface area contributed by atoms with Crippen LogP contribution in [0.15, 0.2) is 30.3 Å². The van der Waals surface area contributed by atoms with E-state index in [1.165, 1.54) is 18.9 Å². The molecule has 0 N–H and O–H groups in total. The molecule has 2 nitrogen and oxygen atoms in total. The minimum Gasteiger partial charge on any atom is -0.462 e. The average molecular weight is 391 g/mol. The van der Waals surface area contributed by atoms with E-state index >= 15 is 0 Å². The molecule has 130 valence electrons. The Labute approximate surface area is 154 Å². The van der Waals surface area contributed by atoms with Gasteiger partial charge in [0.2, 0.25) is 0 Å². The molecule has 0 aliphatic carbocycles. The Morgan fingerprint density at radius 1 is 1.29 bits per heavy atom. The lowest BCUT2D eigenvalue weighted by Crippen LogP contribution is -2.12. The lowest BCUT2D eigenvalue weighted by molar-refractivity contribution is -0.139. The molecular weight excluding hydrogens is 364 g/mol. The zero-order valence-electron chi connectivity index (χ0n) is 14.7. The van der Waals surface area contributed by atoms with Crippen LogP contribution in [0.5, 0.6) is 0 Å². The van der Waals surface area contributed by atoms with E-state index in [1.807, 2.05) is 24.3 Å². The second kappa shape index (κ2) is 12.8. The van der Waals surface area contributed by atoms with Gasteiger partial charge in [0.05, 0.1) is 6.61 Å². The number of benzene rings is 1. The summed E-state index contributed by atoms with van der Waals surface area (Å²) in [5, 5.41) is 0.889. The summed E-state index contributed by atoms with van der Waals surface area (Å²) in [6.45, 7) is 4.84. The highest BCUT2D eigenvalue weighted by Gasteiger charge is 2.08. The van der Waals surface area contributed by atoms with Gasteiger partial charge >= 0.3 is 5.97 Å². The topological polar surface area (TPSA) is 26.3 Å². The fraction of sp³-hybridized carbons (Fsp3) is 0.476. The molecule has 1 atom stereocenters. The second-order valence-electron chi connectivity index (χ2n) is 5.74. The number of halogens is 1. The molecule has 1 aromatic carbocycles. The van der Waals surface area contributed by atoms with Gasteiger partial charge in [0.15, 0.2) is 0 Å². The number of unbranched alkanes of at least 4 members (excludes halogenated alkanes) is 1. The molecule has 0 radical (unpaired) electrons. The van der Waals surface area contributed by atoms with Crippen LogP contribution in [0.4, 0.5) is 0 Å². The Morgan fingerprint density at radius 2 is 2.04 bits per heavy atom. The van der Waals surface area contributed by atoms with Crippen molar-refractivity contribution in [3.8, 4) is 11.8 Å². The van der Waals surface area contributed by atoms with Crippen LogP contribution >= 0.6 is 15.9 Å². The molecule has 0 saturated carbocycles. The molecule has 0 bridgehead atoms. The van der Waals surface area contributed by atoms with Gasteiger partial charge < -0.3 is 4.74 Å². The lowest BCUT2D eigenvalue weighted by Gasteiger charge is -2.13. The molecule has 24 heavy (non-hydrogen) atoms. The van der Waals surface area contributed by atoms with Gasteiger partial charge in [-0.15, -0.1) is 0 Å². The Bertz CT molecular complexity index is 564. The van der Waals surface area contributed by atoms with Gasteiger partial charge in [0.25, 0.3) is 0 Å². The third kappa shape index (κ3) is 8.93. The molecule has 1 rings (SSSR count). The minimum atomic E-state index is -0.272. The van der Waals surface area contributed by atoms with Crippen molar-refractivity contribution in [1.82, 2.24) is 0 Å². The van der Waals surface area contributed by atoms with E-state index in [0.717, 1.165) is 35.7 Å². The zero-order valence-corrected chi connectivity index (χ0v) is 16.3. The quantitative estimate of drug-likeness (QED) is 0.237. The fourth-order valence-corrected chi connectivity index (χ4v) is 2.40. The average Bonchev–Trinajstić information content (AvgIpc) is 2.61. The van der Waals surface area contributed by atoms with Crippen molar-refractivity contribution < 1.29 is 9.53 Å². The summed E-state index contributed by atoms with van der Waals surface area (Å²) in [4.78, 5) is 11.8. The molecule has 0 saturated heterocycles. The number of ether oxygens (including phenoxy) is 1. The third-order valence-corrected chi connectivity index (χ3v) is 4.18. The van der Waals surface area contributed by atoms with Crippen LogP contribution in [0, 0.1) is 17.8 Å². The molecule has 1 unspecified atom stereocenters. The molecule has 0 aromatic heterocycles. The number of alkyl halides is 1. The first-order chi connectivity index (χ1) is 11.7. The first-order valence-electron chi connectivity index (χ1n) is 8.69. The second-order valence-corrected chi connectivity index (χ2v) is 6.54. The first-order valence-corrected chi connectivity index (χ1v) is 9.81. The van der Waals surface area contributed by atoms with Gasteiger partial charge in [0.1, 0.15) is 0 Å². The predicted molar refractivity (Wildman–Crippen MR) is 105 cm³/mol. The van der Waals surface area contributed by atoms with Gasteiger partial charge in [-0.05, 0) is 36.1 Å². The van der Waals surface area contributed by atoms with E-state index in [4.69, 9.17) is 4.74 Å². The highest BCUT2D eigenvalue weighted by atomic mass is 79.9. The highest BCUT2D eigenvalue weighted by molar-refractivity contribution is 9.09. The molecule has 3 heteroatoms. The summed E-state index contributed by atoms with van der Waals surface area (Å²) in [5.41, 5.74) is 1.95. The molecule has 0 amide bonds.